The van der Waals surface area contributed by atoms with Crippen LogP contribution in [0.4, 0.5) is 17.2 Å². The first kappa shape index (κ1) is 24.9. The summed E-state index contributed by atoms with van der Waals surface area (Å²) in [5.41, 5.74) is 3.24. The number of nitrogens with zero attached hydrogens (tertiary/aromatic N) is 3. The summed E-state index contributed by atoms with van der Waals surface area (Å²) in [5, 5.41) is 4.06. The summed E-state index contributed by atoms with van der Waals surface area (Å²) < 4.78 is 16.4. The fourth-order valence-corrected chi connectivity index (χ4v) is 3.86. The third-order valence-corrected chi connectivity index (χ3v) is 5.85. The van der Waals surface area contributed by atoms with E-state index in [4.69, 9.17) is 14.2 Å². The van der Waals surface area contributed by atoms with E-state index in [9.17, 15) is 9.59 Å². The normalized spacial score (nSPS) is 13.1. The molecule has 1 aromatic heterocycles. The van der Waals surface area contributed by atoms with E-state index >= 15 is 0 Å². The van der Waals surface area contributed by atoms with E-state index in [1.165, 1.54) is 24.6 Å². The average Bonchev–Trinajstić information content (AvgIpc) is 2.89. The van der Waals surface area contributed by atoms with Gasteiger partial charge in [0.25, 0.3) is 0 Å². The maximum atomic E-state index is 12.6. The van der Waals surface area contributed by atoms with Gasteiger partial charge in [0.05, 0.1) is 19.2 Å². The first-order valence-corrected chi connectivity index (χ1v) is 11.5. The summed E-state index contributed by atoms with van der Waals surface area (Å²) in [6, 6.07) is 9.29. The number of ether oxygens (including phenoxy) is 3. The van der Waals surface area contributed by atoms with Crippen LogP contribution in [0, 0.1) is 0 Å². The number of nitrogens with one attached hydrogen (secondary N) is 1. The second kappa shape index (κ2) is 11.0. The predicted molar refractivity (Wildman–Crippen MR) is 139 cm³/mol. The highest BCUT2D eigenvalue weighted by molar-refractivity contribution is 6.34. The highest BCUT2D eigenvalue weighted by Crippen LogP contribution is 2.36. The Balaban J connectivity index is 1.74. The molecule has 3 aromatic rings. The molecule has 2 aromatic carbocycles. The zero-order chi connectivity index (χ0) is 25.7. The first-order chi connectivity index (χ1) is 17.4. The van der Waals surface area contributed by atoms with Gasteiger partial charge in [0.2, 0.25) is 0 Å². The molecule has 0 spiro atoms. The third kappa shape index (κ3) is 5.21. The van der Waals surface area contributed by atoms with E-state index in [0.717, 1.165) is 17.6 Å². The summed E-state index contributed by atoms with van der Waals surface area (Å²) in [5.74, 6) is 1.23. The number of hydrogen-bond donors (Lipinski definition) is 1. The molecule has 0 saturated heterocycles. The van der Waals surface area contributed by atoms with Crippen molar-refractivity contribution in [2.75, 3.05) is 51.2 Å². The maximum absolute atomic E-state index is 12.6. The van der Waals surface area contributed by atoms with Crippen LogP contribution in [-0.4, -0.2) is 62.6 Å². The Morgan fingerprint density at radius 2 is 1.83 bits per heavy atom. The molecule has 1 N–H and O–H groups in total. The van der Waals surface area contributed by atoms with Gasteiger partial charge in [-0.1, -0.05) is 0 Å². The van der Waals surface area contributed by atoms with E-state index in [1.807, 2.05) is 43.1 Å². The number of ketones is 2. The molecule has 9 heteroatoms. The highest BCUT2D eigenvalue weighted by atomic mass is 16.5. The number of benzene rings is 2. The van der Waals surface area contributed by atoms with Crippen LogP contribution in [0.3, 0.4) is 0 Å². The molecular weight excluding hydrogens is 460 g/mol. The Labute approximate surface area is 209 Å². The second-order valence-electron chi connectivity index (χ2n) is 8.11. The van der Waals surface area contributed by atoms with Crippen LogP contribution >= 0.6 is 0 Å². The van der Waals surface area contributed by atoms with Crippen molar-refractivity contribution in [3.63, 3.8) is 0 Å². The lowest BCUT2D eigenvalue weighted by Crippen LogP contribution is -2.19. The van der Waals surface area contributed by atoms with Crippen LogP contribution in [0.2, 0.25) is 0 Å². The van der Waals surface area contributed by atoms with Gasteiger partial charge in [0.15, 0.2) is 23.1 Å². The number of rotatable bonds is 10. The summed E-state index contributed by atoms with van der Waals surface area (Å²) in [6.07, 6.45) is 5.44. The van der Waals surface area contributed by atoms with Gasteiger partial charge >= 0.3 is 0 Å². The van der Waals surface area contributed by atoms with Crippen molar-refractivity contribution in [3.05, 3.63) is 60.5 Å². The SMILES string of the molecule is CCN(C)c1ccc(Nc2ncnc3cc(OCCOC)c(OC)cc23)cc1C1=CC(=O)C=CC1=O. The van der Waals surface area contributed by atoms with Crippen molar-refractivity contribution in [2.24, 2.45) is 0 Å². The topological polar surface area (TPSA) is 103 Å². The number of carbonyl (C=O) groups is 2. The standard InChI is InChI=1S/C27H28N4O5/c1-5-31(2)23-8-6-17(12-19(23)20-13-18(32)7-9-24(20)33)30-27-21-14-25(35-4)26(36-11-10-34-3)15-22(21)28-16-29-27/h6-9,12-16H,5,10-11H2,1-4H3,(H,28,29,30). The van der Waals surface area contributed by atoms with Gasteiger partial charge in [-0.25, -0.2) is 9.97 Å². The minimum atomic E-state index is -0.217. The molecule has 0 unspecified atom stereocenters. The molecule has 0 aliphatic heterocycles. The quantitative estimate of drug-likeness (QED) is 0.336. The monoisotopic (exact) mass is 488 g/mol. The lowest BCUT2D eigenvalue weighted by molar-refractivity contribution is -0.113. The fourth-order valence-electron chi connectivity index (χ4n) is 3.86. The van der Waals surface area contributed by atoms with Crippen molar-refractivity contribution >= 4 is 45.2 Å². The summed E-state index contributed by atoms with van der Waals surface area (Å²) in [7, 11) is 5.12. The molecule has 1 heterocycles. The molecule has 0 atom stereocenters. The predicted octanol–water partition coefficient (Wildman–Crippen LogP) is 3.95. The summed E-state index contributed by atoms with van der Waals surface area (Å²) in [6.45, 7) is 3.58. The molecule has 0 amide bonds. The lowest BCUT2D eigenvalue weighted by Gasteiger charge is -2.23. The average molecular weight is 489 g/mol. The zero-order valence-electron chi connectivity index (χ0n) is 20.7. The number of fused-ring (bicyclic) bond motifs is 1. The summed E-state index contributed by atoms with van der Waals surface area (Å²) in [4.78, 5) is 35.5. The molecule has 0 radical (unpaired) electrons. The van der Waals surface area contributed by atoms with Crippen LogP contribution in [0.25, 0.3) is 16.5 Å². The van der Waals surface area contributed by atoms with Crippen LogP contribution < -0.4 is 19.7 Å². The lowest BCUT2D eigenvalue weighted by atomic mass is 9.94. The van der Waals surface area contributed by atoms with Gasteiger partial charge in [-0.3, -0.25) is 9.59 Å². The Morgan fingerprint density at radius 1 is 1.00 bits per heavy atom. The zero-order valence-corrected chi connectivity index (χ0v) is 20.7. The maximum Gasteiger partial charge on any atom is 0.186 e. The van der Waals surface area contributed by atoms with E-state index in [0.29, 0.717) is 52.9 Å². The fraction of sp³-hybridized carbons (Fsp3) is 0.259. The minimum Gasteiger partial charge on any atom is -0.493 e. The number of allylic oxidation sites excluding steroid dienone is 4. The van der Waals surface area contributed by atoms with Gasteiger partial charge in [-0.15, -0.1) is 0 Å². The third-order valence-electron chi connectivity index (χ3n) is 5.85. The summed E-state index contributed by atoms with van der Waals surface area (Å²) >= 11 is 0. The van der Waals surface area contributed by atoms with Crippen molar-refractivity contribution in [2.45, 2.75) is 6.92 Å². The van der Waals surface area contributed by atoms with E-state index in [2.05, 4.69) is 15.3 Å². The molecule has 4 rings (SSSR count). The molecule has 1 aliphatic carbocycles. The largest absolute Gasteiger partial charge is 0.493 e. The van der Waals surface area contributed by atoms with Crippen molar-refractivity contribution in [1.82, 2.24) is 9.97 Å². The number of aromatic nitrogens is 2. The highest BCUT2D eigenvalue weighted by Gasteiger charge is 2.20. The Morgan fingerprint density at radius 3 is 2.58 bits per heavy atom. The number of carbonyl (C=O) groups excluding carboxylic acids is 2. The molecule has 9 nitrogen and oxygen atoms in total. The Hall–Kier alpha value is -4.24. The van der Waals surface area contributed by atoms with Crippen molar-refractivity contribution < 1.29 is 23.8 Å². The van der Waals surface area contributed by atoms with Crippen LogP contribution in [0.5, 0.6) is 11.5 Å². The molecular formula is C27H28N4O5. The van der Waals surface area contributed by atoms with E-state index < -0.39 is 0 Å². The number of anilines is 3. The van der Waals surface area contributed by atoms with Gasteiger partial charge in [-0.2, -0.15) is 0 Å². The van der Waals surface area contributed by atoms with Crippen molar-refractivity contribution in [3.8, 4) is 11.5 Å². The Kier molecular flexibility index (Phi) is 7.60. The number of hydrogen-bond acceptors (Lipinski definition) is 9. The second-order valence-corrected chi connectivity index (χ2v) is 8.11. The Bertz CT molecular complexity index is 1370. The van der Waals surface area contributed by atoms with Gasteiger partial charge in [0.1, 0.15) is 18.8 Å². The van der Waals surface area contributed by atoms with Crippen LogP contribution in [0.1, 0.15) is 12.5 Å². The minimum absolute atomic E-state index is 0.212. The molecule has 0 bridgehead atoms. The molecule has 0 saturated carbocycles. The van der Waals surface area contributed by atoms with E-state index in [-0.39, 0.29) is 11.6 Å². The smallest absolute Gasteiger partial charge is 0.186 e. The molecule has 0 fully saturated rings. The molecule has 186 valence electrons. The van der Waals surface area contributed by atoms with Gasteiger partial charge < -0.3 is 24.4 Å². The van der Waals surface area contributed by atoms with Crippen LogP contribution in [0.15, 0.2) is 54.9 Å². The van der Waals surface area contributed by atoms with Crippen molar-refractivity contribution in [1.29, 1.82) is 0 Å². The molecule has 36 heavy (non-hydrogen) atoms. The van der Waals surface area contributed by atoms with E-state index in [1.54, 1.807) is 20.3 Å². The number of methoxy groups -OCH3 is 2. The van der Waals surface area contributed by atoms with Gasteiger partial charge in [-0.05, 0) is 49.4 Å². The van der Waals surface area contributed by atoms with Crippen LogP contribution in [-0.2, 0) is 14.3 Å². The molecule has 1 aliphatic rings. The first-order valence-electron chi connectivity index (χ1n) is 11.5. The van der Waals surface area contributed by atoms with Gasteiger partial charge in [0, 0.05) is 54.7 Å².